The summed E-state index contributed by atoms with van der Waals surface area (Å²) in [4.78, 5) is 78.4. The van der Waals surface area contributed by atoms with Crippen LogP contribution >= 0.6 is 0 Å². The highest BCUT2D eigenvalue weighted by atomic mass is 16.4. The summed E-state index contributed by atoms with van der Waals surface area (Å²) in [6.07, 6.45) is 1.84. The molecular formula is C32H40N6O7. The van der Waals surface area contributed by atoms with Crippen LogP contribution in [0.3, 0.4) is 0 Å². The largest absolute Gasteiger partial charge is 0.480 e. The molecular weight excluding hydrogens is 580 g/mol. The number of rotatable bonds is 15. The minimum Gasteiger partial charge on any atom is -0.480 e. The molecule has 0 aliphatic carbocycles. The van der Waals surface area contributed by atoms with Gasteiger partial charge in [0.15, 0.2) is 0 Å². The molecule has 3 aromatic rings. The van der Waals surface area contributed by atoms with Crippen LogP contribution in [-0.4, -0.2) is 76.3 Å². The fourth-order valence-electron chi connectivity index (χ4n) is 4.68. The molecule has 1 aromatic heterocycles. The number of aromatic nitrogens is 1. The van der Waals surface area contributed by atoms with E-state index in [1.807, 2.05) is 30.3 Å². The Balaban J connectivity index is 1.66. The van der Waals surface area contributed by atoms with E-state index in [2.05, 4.69) is 31.6 Å². The van der Waals surface area contributed by atoms with Crippen molar-refractivity contribution in [3.8, 4) is 0 Å². The number of amides is 5. The number of carbonyl (C=O) groups excluding carboxylic acids is 5. The summed E-state index contributed by atoms with van der Waals surface area (Å²) in [5.41, 5.74) is 2.31. The van der Waals surface area contributed by atoms with E-state index in [9.17, 15) is 33.9 Å². The molecule has 0 unspecified atom stereocenters. The van der Waals surface area contributed by atoms with Crippen LogP contribution in [0.2, 0.25) is 0 Å². The molecule has 0 bridgehead atoms. The molecule has 45 heavy (non-hydrogen) atoms. The minimum absolute atomic E-state index is 0.0206. The zero-order chi connectivity index (χ0) is 33.1. The molecule has 7 N–H and O–H groups in total. The Morgan fingerprint density at radius 2 is 1.42 bits per heavy atom. The van der Waals surface area contributed by atoms with Gasteiger partial charge >= 0.3 is 5.97 Å². The SMILES string of the molecule is CC(=O)NCC(=O)N[C@@H](Cc1ccccc1)C(=O)N[C@@H](C)C(=O)N[C@H](C(=O)N[C@@H](Cc1c[nH]c2ccccc12)C(=O)O)C(C)C. The molecule has 0 saturated heterocycles. The number of fused-ring (bicyclic) bond motifs is 1. The van der Waals surface area contributed by atoms with Crippen LogP contribution in [0, 0.1) is 5.92 Å². The molecule has 4 atom stereocenters. The molecule has 0 saturated carbocycles. The van der Waals surface area contributed by atoms with Crippen molar-refractivity contribution in [2.75, 3.05) is 6.54 Å². The average Bonchev–Trinajstić information content (AvgIpc) is 3.40. The second-order valence-corrected chi connectivity index (χ2v) is 11.1. The van der Waals surface area contributed by atoms with Gasteiger partial charge in [-0.1, -0.05) is 62.4 Å². The van der Waals surface area contributed by atoms with Gasteiger partial charge in [0.25, 0.3) is 0 Å². The fraction of sp³-hybridized carbons (Fsp3) is 0.375. The first-order valence-electron chi connectivity index (χ1n) is 14.6. The molecule has 0 radical (unpaired) electrons. The molecule has 240 valence electrons. The highest BCUT2D eigenvalue weighted by Crippen LogP contribution is 2.19. The first kappa shape index (κ1) is 34.3. The van der Waals surface area contributed by atoms with Gasteiger partial charge in [-0.15, -0.1) is 0 Å². The van der Waals surface area contributed by atoms with Crippen LogP contribution < -0.4 is 26.6 Å². The second-order valence-electron chi connectivity index (χ2n) is 11.1. The smallest absolute Gasteiger partial charge is 0.326 e. The zero-order valence-electron chi connectivity index (χ0n) is 25.7. The highest BCUT2D eigenvalue weighted by Gasteiger charge is 2.31. The standard InChI is InChI=1S/C32H40N6O7/c1-18(2)28(31(43)37-26(32(44)45)15-22-16-34-24-13-9-8-12-23(22)24)38-29(41)19(3)35-30(42)25(14-21-10-6-5-7-11-21)36-27(40)17-33-20(4)39/h5-13,16,18-19,25-26,28,34H,14-15,17H2,1-4H3,(H,33,39)(H,35,42)(H,36,40)(H,37,43)(H,38,41)(H,44,45)/t19-,25-,26-,28-/m0/s1. The van der Waals surface area contributed by atoms with E-state index in [0.717, 1.165) is 16.5 Å². The Hall–Kier alpha value is -5.20. The lowest BCUT2D eigenvalue weighted by Gasteiger charge is -2.26. The predicted octanol–water partition coefficient (Wildman–Crippen LogP) is 0.789. The lowest BCUT2D eigenvalue weighted by Crippen LogP contribution is -2.58. The Morgan fingerprint density at radius 3 is 2.07 bits per heavy atom. The quantitative estimate of drug-likeness (QED) is 0.130. The van der Waals surface area contributed by atoms with Crippen molar-refractivity contribution in [1.82, 2.24) is 31.6 Å². The van der Waals surface area contributed by atoms with E-state index in [0.29, 0.717) is 5.56 Å². The number of hydrogen-bond donors (Lipinski definition) is 7. The van der Waals surface area contributed by atoms with Gasteiger partial charge in [-0.2, -0.15) is 0 Å². The van der Waals surface area contributed by atoms with Gasteiger partial charge < -0.3 is 36.7 Å². The van der Waals surface area contributed by atoms with Crippen molar-refractivity contribution in [3.63, 3.8) is 0 Å². The number of carboxylic acid groups (broad SMARTS) is 1. The van der Waals surface area contributed by atoms with Gasteiger partial charge in [-0.05, 0) is 30.0 Å². The van der Waals surface area contributed by atoms with Crippen LogP contribution in [0.5, 0.6) is 0 Å². The summed E-state index contributed by atoms with van der Waals surface area (Å²) >= 11 is 0. The predicted molar refractivity (Wildman–Crippen MR) is 167 cm³/mol. The molecule has 0 spiro atoms. The van der Waals surface area contributed by atoms with Crippen LogP contribution in [0.25, 0.3) is 10.9 Å². The van der Waals surface area contributed by atoms with Crippen LogP contribution in [-0.2, 0) is 41.6 Å². The van der Waals surface area contributed by atoms with Gasteiger partial charge in [0, 0.05) is 36.9 Å². The fourth-order valence-corrected chi connectivity index (χ4v) is 4.68. The third-order valence-electron chi connectivity index (χ3n) is 7.14. The Kier molecular flexibility index (Phi) is 12.2. The van der Waals surface area contributed by atoms with Gasteiger partial charge in [0.05, 0.1) is 6.54 Å². The number of nitrogens with one attached hydrogen (secondary N) is 6. The summed E-state index contributed by atoms with van der Waals surface area (Å²) in [5, 5.41) is 23.4. The number of aliphatic carboxylic acids is 1. The summed E-state index contributed by atoms with van der Waals surface area (Å²) in [7, 11) is 0. The van der Waals surface area contributed by atoms with Crippen molar-refractivity contribution < 1.29 is 33.9 Å². The number of H-pyrrole nitrogens is 1. The molecule has 0 fully saturated rings. The van der Waals surface area contributed by atoms with E-state index in [1.54, 1.807) is 44.3 Å². The molecule has 1 heterocycles. The number of carboxylic acids is 1. The number of aromatic amines is 1. The van der Waals surface area contributed by atoms with Crippen molar-refractivity contribution in [3.05, 3.63) is 71.9 Å². The van der Waals surface area contributed by atoms with Crippen molar-refractivity contribution >= 4 is 46.4 Å². The Bertz CT molecular complexity index is 1520. The normalized spacial score (nSPS) is 13.6. The number of para-hydroxylation sites is 1. The molecule has 3 rings (SSSR count). The molecule has 13 heteroatoms. The van der Waals surface area contributed by atoms with Crippen molar-refractivity contribution in [2.45, 2.75) is 64.7 Å². The molecule has 2 aromatic carbocycles. The lowest BCUT2D eigenvalue weighted by molar-refractivity contribution is -0.142. The van der Waals surface area contributed by atoms with Gasteiger partial charge in [-0.25, -0.2) is 4.79 Å². The first-order valence-corrected chi connectivity index (χ1v) is 14.6. The Morgan fingerprint density at radius 1 is 0.756 bits per heavy atom. The maximum atomic E-state index is 13.3. The molecule has 0 aliphatic heterocycles. The van der Waals surface area contributed by atoms with Gasteiger partial charge in [0.1, 0.15) is 24.2 Å². The van der Waals surface area contributed by atoms with E-state index < -0.39 is 65.6 Å². The monoisotopic (exact) mass is 620 g/mol. The van der Waals surface area contributed by atoms with E-state index in [4.69, 9.17) is 0 Å². The van der Waals surface area contributed by atoms with E-state index >= 15 is 0 Å². The molecule has 0 aliphatic rings. The van der Waals surface area contributed by atoms with Gasteiger partial charge in [0.2, 0.25) is 29.5 Å². The summed E-state index contributed by atoms with van der Waals surface area (Å²) in [6, 6.07) is 11.8. The molecule has 13 nitrogen and oxygen atoms in total. The molecule has 5 amide bonds. The minimum atomic E-state index is -1.26. The third kappa shape index (κ3) is 10.2. The summed E-state index contributed by atoms with van der Waals surface area (Å²) in [5.74, 6) is -4.65. The third-order valence-corrected chi connectivity index (χ3v) is 7.14. The van der Waals surface area contributed by atoms with Crippen LogP contribution in [0.1, 0.15) is 38.8 Å². The summed E-state index contributed by atoms with van der Waals surface area (Å²) < 4.78 is 0. The van der Waals surface area contributed by atoms with E-state index in [1.165, 1.54) is 13.8 Å². The topological polar surface area (TPSA) is 199 Å². The van der Waals surface area contributed by atoms with Crippen molar-refractivity contribution in [1.29, 1.82) is 0 Å². The Labute approximate surface area is 260 Å². The highest BCUT2D eigenvalue weighted by molar-refractivity contribution is 5.95. The second kappa shape index (κ2) is 16.0. The number of carbonyl (C=O) groups is 6. The van der Waals surface area contributed by atoms with Crippen LogP contribution in [0.4, 0.5) is 0 Å². The first-order chi connectivity index (χ1) is 21.3. The lowest BCUT2D eigenvalue weighted by atomic mass is 10.0. The average molecular weight is 621 g/mol. The maximum Gasteiger partial charge on any atom is 0.326 e. The zero-order valence-corrected chi connectivity index (χ0v) is 25.7. The number of benzene rings is 2. The number of hydrogen-bond acceptors (Lipinski definition) is 6. The van der Waals surface area contributed by atoms with Gasteiger partial charge in [-0.3, -0.25) is 24.0 Å². The maximum absolute atomic E-state index is 13.3. The van der Waals surface area contributed by atoms with Crippen LogP contribution in [0.15, 0.2) is 60.8 Å². The summed E-state index contributed by atoms with van der Waals surface area (Å²) in [6.45, 7) is 5.76. The van der Waals surface area contributed by atoms with Crippen molar-refractivity contribution in [2.24, 2.45) is 5.92 Å². The van der Waals surface area contributed by atoms with E-state index in [-0.39, 0.29) is 19.4 Å².